The van der Waals surface area contributed by atoms with Crippen molar-refractivity contribution in [3.8, 4) is 0 Å². The van der Waals surface area contributed by atoms with Gasteiger partial charge in [0.1, 0.15) is 0 Å². The van der Waals surface area contributed by atoms with E-state index < -0.39 is 11.7 Å². The number of nitrogens with two attached hydrogens (primary N) is 2. The number of rotatable bonds is 2. The number of nitrogens with zero attached hydrogens (tertiary/aromatic N) is 3. The lowest BCUT2D eigenvalue weighted by molar-refractivity contribution is -0.137. The number of anilines is 1. The molecule has 4 N–H and O–H groups in total. The first-order chi connectivity index (χ1) is 8.88. The first-order valence-electron chi connectivity index (χ1n) is 4.98. The van der Waals surface area contributed by atoms with Crippen molar-refractivity contribution in [1.29, 1.82) is 0 Å². The smallest absolute Gasteiger partial charge is 0.382 e. The Morgan fingerprint density at radius 2 is 2.00 bits per heavy atom. The third kappa shape index (κ3) is 2.81. The Labute approximate surface area is 104 Å². The molecule has 0 amide bonds. The Morgan fingerprint density at radius 1 is 1.26 bits per heavy atom. The lowest BCUT2D eigenvalue weighted by Crippen LogP contribution is -2.15. The molecule has 1 aromatic carbocycles. The summed E-state index contributed by atoms with van der Waals surface area (Å²) in [6, 6.07) is 4.38. The minimum atomic E-state index is -4.45. The van der Waals surface area contributed by atoms with Gasteiger partial charge in [-0.25, -0.2) is 9.62 Å². The van der Waals surface area contributed by atoms with E-state index in [1.807, 2.05) is 0 Å². The fourth-order valence-corrected chi connectivity index (χ4v) is 1.32. The second-order valence-corrected chi connectivity index (χ2v) is 3.54. The third-order valence-corrected chi connectivity index (χ3v) is 2.18. The number of nitrogen functional groups attached to an aromatic ring is 1. The molecule has 0 atom stereocenters. The van der Waals surface area contributed by atoms with Gasteiger partial charge in [-0.2, -0.15) is 13.2 Å². The lowest BCUT2D eigenvalue weighted by Gasteiger charge is -2.06. The third-order valence-electron chi connectivity index (χ3n) is 2.18. The number of benzene rings is 1. The summed E-state index contributed by atoms with van der Waals surface area (Å²) in [4.78, 5) is 3.79. The summed E-state index contributed by atoms with van der Waals surface area (Å²) in [6.45, 7) is 0. The molecule has 9 heteroatoms. The second-order valence-electron chi connectivity index (χ2n) is 3.54. The summed E-state index contributed by atoms with van der Waals surface area (Å²) in [5, 5.41) is 6.68. The maximum absolute atomic E-state index is 12.5. The maximum atomic E-state index is 12.5. The van der Waals surface area contributed by atoms with Crippen molar-refractivity contribution in [2.45, 2.75) is 6.18 Å². The van der Waals surface area contributed by atoms with Gasteiger partial charge < -0.3 is 11.5 Å². The van der Waals surface area contributed by atoms with Crippen LogP contribution >= 0.6 is 0 Å². The SMILES string of the molecule is NC(=Nc1cccc(C(F)(F)F)c1)c1nonc1N. The van der Waals surface area contributed by atoms with E-state index in [1.165, 1.54) is 12.1 Å². The van der Waals surface area contributed by atoms with E-state index >= 15 is 0 Å². The number of alkyl halides is 3. The number of aromatic nitrogens is 2. The van der Waals surface area contributed by atoms with Gasteiger partial charge in [0.25, 0.3) is 0 Å². The first-order valence-corrected chi connectivity index (χ1v) is 4.98. The molecule has 0 unspecified atom stereocenters. The fraction of sp³-hybridized carbons (Fsp3) is 0.100. The summed E-state index contributed by atoms with van der Waals surface area (Å²) in [5.74, 6) is -0.272. The average Bonchev–Trinajstić information content (AvgIpc) is 2.75. The van der Waals surface area contributed by atoms with E-state index in [4.69, 9.17) is 11.5 Å². The standard InChI is InChI=1S/C10H8F3N5O/c11-10(12,13)5-2-1-3-6(4-5)16-8(14)7-9(15)18-19-17-7/h1-4H,(H2,14,16)(H2,15,18). The number of amidine groups is 1. The highest BCUT2D eigenvalue weighted by atomic mass is 19.4. The monoisotopic (exact) mass is 271 g/mol. The molecule has 2 aromatic rings. The molecule has 0 aliphatic heterocycles. The Morgan fingerprint density at radius 3 is 2.58 bits per heavy atom. The van der Waals surface area contributed by atoms with Gasteiger partial charge >= 0.3 is 6.18 Å². The fourth-order valence-electron chi connectivity index (χ4n) is 1.32. The molecule has 1 aromatic heterocycles. The van der Waals surface area contributed by atoms with Crippen molar-refractivity contribution in [3.63, 3.8) is 0 Å². The van der Waals surface area contributed by atoms with Gasteiger partial charge in [-0.3, -0.25) is 0 Å². The zero-order valence-corrected chi connectivity index (χ0v) is 9.35. The summed E-state index contributed by atoms with van der Waals surface area (Å²) < 4.78 is 41.8. The predicted octanol–water partition coefficient (Wildman–Crippen LogP) is 1.71. The quantitative estimate of drug-likeness (QED) is 0.639. The van der Waals surface area contributed by atoms with Gasteiger partial charge in [0.15, 0.2) is 17.3 Å². The summed E-state index contributed by atoms with van der Waals surface area (Å²) in [7, 11) is 0. The molecule has 0 saturated carbocycles. The van der Waals surface area contributed by atoms with Crippen molar-refractivity contribution >= 4 is 17.3 Å². The van der Waals surface area contributed by atoms with Crippen LogP contribution in [0.15, 0.2) is 33.9 Å². The first kappa shape index (κ1) is 12.9. The van der Waals surface area contributed by atoms with Crippen LogP contribution in [0.2, 0.25) is 0 Å². The van der Waals surface area contributed by atoms with Gasteiger partial charge in [-0.05, 0) is 28.5 Å². The van der Waals surface area contributed by atoms with Crippen LogP contribution in [0.1, 0.15) is 11.3 Å². The van der Waals surface area contributed by atoms with Crippen molar-refractivity contribution in [3.05, 3.63) is 35.5 Å². The lowest BCUT2D eigenvalue weighted by atomic mass is 10.2. The molecule has 19 heavy (non-hydrogen) atoms. The van der Waals surface area contributed by atoms with Gasteiger partial charge in [-0.1, -0.05) is 6.07 Å². The van der Waals surface area contributed by atoms with Crippen LogP contribution in [-0.4, -0.2) is 16.1 Å². The molecule has 0 bridgehead atoms. The van der Waals surface area contributed by atoms with Crippen LogP contribution in [0, 0.1) is 0 Å². The van der Waals surface area contributed by atoms with E-state index in [9.17, 15) is 13.2 Å². The Hall–Kier alpha value is -2.58. The summed E-state index contributed by atoms with van der Waals surface area (Å²) in [6.07, 6.45) is -4.45. The molecular formula is C10H8F3N5O. The minimum Gasteiger partial charge on any atom is -0.382 e. The highest BCUT2D eigenvalue weighted by Crippen LogP contribution is 2.31. The molecule has 0 fully saturated rings. The summed E-state index contributed by atoms with van der Waals surface area (Å²) >= 11 is 0. The predicted molar refractivity (Wildman–Crippen MR) is 60.5 cm³/mol. The zero-order chi connectivity index (χ0) is 14.0. The second kappa shape index (κ2) is 4.59. The van der Waals surface area contributed by atoms with Gasteiger partial charge in [0.05, 0.1) is 11.3 Å². The molecule has 0 aliphatic rings. The molecule has 0 radical (unpaired) electrons. The molecule has 6 nitrogen and oxygen atoms in total. The Balaban J connectivity index is 2.36. The topological polar surface area (TPSA) is 103 Å². The van der Waals surface area contributed by atoms with Gasteiger partial charge in [0, 0.05) is 0 Å². The zero-order valence-electron chi connectivity index (χ0n) is 9.35. The highest BCUT2D eigenvalue weighted by molar-refractivity contribution is 6.00. The maximum Gasteiger partial charge on any atom is 0.416 e. The molecule has 0 aliphatic carbocycles. The van der Waals surface area contributed by atoms with Crippen molar-refractivity contribution in [2.24, 2.45) is 10.7 Å². The van der Waals surface area contributed by atoms with Gasteiger partial charge in [0.2, 0.25) is 0 Å². The van der Waals surface area contributed by atoms with E-state index in [2.05, 4.69) is 19.9 Å². The van der Waals surface area contributed by atoms with E-state index in [0.29, 0.717) is 0 Å². The van der Waals surface area contributed by atoms with Crippen LogP contribution in [0.25, 0.3) is 0 Å². The molecular weight excluding hydrogens is 263 g/mol. The van der Waals surface area contributed by atoms with E-state index in [1.54, 1.807) is 0 Å². The van der Waals surface area contributed by atoms with Gasteiger partial charge in [-0.15, -0.1) is 0 Å². The average molecular weight is 271 g/mol. The normalized spacial score (nSPS) is 12.7. The van der Waals surface area contributed by atoms with Crippen LogP contribution in [0.5, 0.6) is 0 Å². The minimum absolute atomic E-state index is 0.0163. The van der Waals surface area contributed by atoms with Crippen LogP contribution in [0.4, 0.5) is 24.7 Å². The molecule has 2 rings (SSSR count). The van der Waals surface area contributed by atoms with E-state index in [-0.39, 0.29) is 23.0 Å². The van der Waals surface area contributed by atoms with Crippen molar-refractivity contribution in [2.75, 3.05) is 5.73 Å². The van der Waals surface area contributed by atoms with Crippen molar-refractivity contribution in [1.82, 2.24) is 10.3 Å². The largest absolute Gasteiger partial charge is 0.416 e. The Kier molecular flexibility index (Phi) is 3.11. The van der Waals surface area contributed by atoms with Crippen LogP contribution < -0.4 is 11.5 Å². The van der Waals surface area contributed by atoms with Crippen LogP contribution in [-0.2, 0) is 6.18 Å². The molecule has 100 valence electrons. The van der Waals surface area contributed by atoms with E-state index in [0.717, 1.165) is 12.1 Å². The van der Waals surface area contributed by atoms with Crippen molar-refractivity contribution < 1.29 is 17.8 Å². The summed E-state index contributed by atoms with van der Waals surface area (Å²) in [5.41, 5.74) is 10.1. The number of hydrogen-bond acceptors (Lipinski definition) is 5. The number of hydrogen-bond donors (Lipinski definition) is 2. The number of aliphatic imine (C=N–C) groups is 1. The number of halogens is 3. The highest BCUT2D eigenvalue weighted by Gasteiger charge is 2.30. The molecule has 0 saturated heterocycles. The van der Waals surface area contributed by atoms with Crippen LogP contribution in [0.3, 0.4) is 0 Å². The Bertz CT molecular complexity index is 620. The molecule has 0 spiro atoms. The molecule has 1 heterocycles.